The van der Waals surface area contributed by atoms with Crippen LogP contribution in [0.4, 0.5) is 15.8 Å². The number of nitrogens with zero attached hydrogens (tertiary/aromatic N) is 3. The van der Waals surface area contributed by atoms with E-state index in [9.17, 15) is 14.5 Å². The van der Waals surface area contributed by atoms with Gasteiger partial charge in [-0.3, -0.25) is 14.8 Å². The van der Waals surface area contributed by atoms with E-state index < -0.39 is 10.7 Å². The van der Waals surface area contributed by atoms with E-state index in [2.05, 4.69) is 22.5 Å². The number of nitro benzene ring substituents is 1. The zero-order valence-corrected chi connectivity index (χ0v) is 14.6. The van der Waals surface area contributed by atoms with E-state index in [0.717, 1.165) is 36.6 Å². The largest absolute Gasteiger partial charge is 0.373 e. The van der Waals surface area contributed by atoms with Crippen LogP contribution in [0.25, 0.3) is 0 Å². The van der Waals surface area contributed by atoms with Crippen molar-refractivity contribution in [3.05, 3.63) is 87.5 Å². The first-order valence-electron chi connectivity index (χ1n) is 8.91. The van der Waals surface area contributed by atoms with E-state index in [0.29, 0.717) is 12.2 Å². The molecule has 1 aromatic heterocycles. The van der Waals surface area contributed by atoms with Gasteiger partial charge in [0.25, 0.3) is 5.69 Å². The lowest BCUT2D eigenvalue weighted by Crippen LogP contribution is -2.19. The lowest BCUT2D eigenvalue weighted by atomic mass is 9.92. The third-order valence-corrected chi connectivity index (χ3v) is 4.92. The van der Waals surface area contributed by atoms with Crippen LogP contribution in [0.1, 0.15) is 35.7 Å². The number of benzene rings is 2. The summed E-state index contributed by atoms with van der Waals surface area (Å²) in [5.74, 6) is -0.618. The van der Waals surface area contributed by atoms with Crippen LogP contribution in [0.5, 0.6) is 0 Å². The van der Waals surface area contributed by atoms with Gasteiger partial charge >= 0.3 is 0 Å². The molecule has 1 atom stereocenters. The monoisotopic (exact) mass is 366 g/mol. The Hall–Kier alpha value is -3.22. The van der Waals surface area contributed by atoms with E-state index in [-0.39, 0.29) is 11.7 Å². The second-order valence-electron chi connectivity index (χ2n) is 6.70. The number of anilines is 1. The second kappa shape index (κ2) is 7.19. The van der Waals surface area contributed by atoms with Crippen molar-refractivity contribution in [1.82, 2.24) is 9.78 Å². The average Bonchev–Trinajstić information content (AvgIpc) is 3.08. The molecule has 1 N–H and O–H groups in total. The van der Waals surface area contributed by atoms with Crippen molar-refractivity contribution in [2.24, 2.45) is 0 Å². The van der Waals surface area contributed by atoms with Crippen LogP contribution in [0.15, 0.2) is 54.7 Å². The summed E-state index contributed by atoms with van der Waals surface area (Å²) in [6.07, 6.45) is 4.56. The third kappa shape index (κ3) is 3.53. The summed E-state index contributed by atoms with van der Waals surface area (Å²) < 4.78 is 15.4. The van der Waals surface area contributed by atoms with Gasteiger partial charge in [0.1, 0.15) is 11.5 Å². The van der Waals surface area contributed by atoms with E-state index in [1.54, 1.807) is 0 Å². The Morgan fingerprint density at radius 1 is 1.26 bits per heavy atom. The van der Waals surface area contributed by atoms with Gasteiger partial charge in [-0.1, -0.05) is 30.3 Å². The van der Waals surface area contributed by atoms with Gasteiger partial charge in [-0.2, -0.15) is 5.10 Å². The Kier molecular flexibility index (Phi) is 4.58. The van der Waals surface area contributed by atoms with Gasteiger partial charge in [0.15, 0.2) is 0 Å². The second-order valence-corrected chi connectivity index (χ2v) is 6.70. The van der Waals surface area contributed by atoms with Crippen molar-refractivity contribution >= 4 is 11.4 Å². The molecule has 3 aromatic rings. The van der Waals surface area contributed by atoms with E-state index >= 15 is 0 Å². The number of nitrogens with one attached hydrogen (secondary N) is 1. The topological polar surface area (TPSA) is 73.0 Å². The van der Waals surface area contributed by atoms with E-state index in [1.165, 1.54) is 17.7 Å². The minimum atomic E-state index is -0.618. The fraction of sp³-hybridized carbons (Fsp3) is 0.250. The molecule has 1 heterocycles. The fourth-order valence-electron chi connectivity index (χ4n) is 3.63. The van der Waals surface area contributed by atoms with Gasteiger partial charge in [-0.05, 0) is 37.0 Å². The summed E-state index contributed by atoms with van der Waals surface area (Å²) in [5.41, 5.74) is 3.45. The Labute approximate surface area is 155 Å². The normalized spacial score (nSPS) is 16.0. The zero-order valence-electron chi connectivity index (χ0n) is 14.6. The minimum absolute atomic E-state index is 0.0811. The molecule has 1 aliphatic carbocycles. The van der Waals surface area contributed by atoms with Crippen molar-refractivity contribution in [2.45, 2.75) is 31.8 Å². The predicted octanol–water partition coefficient (Wildman–Crippen LogP) is 4.47. The predicted molar refractivity (Wildman–Crippen MR) is 100 cm³/mol. The highest BCUT2D eigenvalue weighted by Gasteiger charge is 2.26. The van der Waals surface area contributed by atoms with E-state index in [1.807, 2.05) is 29.1 Å². The minimum Gasteiger partial charge on any atom is -0.373 e. The van der Waals surface area contributed by atoms with Crippen LogP contribution >= 0.6 is 0 Å². The Bertz CT molecular complexity index is 971. The van der Waals surface area contributed by atoms with E-state index in [4.69, 9.17) is 0 Å². The smallest absolute Gasteiger partial charge is 0.295 e. The summed E-state index contributed by atoms with van der Waals surface area (Å²) in [6, 6.07) is 13.6. The maximum absolute atomic E-state index is 13.4. The van der Waals surface area contributed by atoms with Crippen LogP contribution < -0.4 is 5.32 Å². The molecule has 1 aliphatic rings. The molecule has 6 nitrogen and oxygen atoms in total. The molecule has 2 aromatic carbocycles. The molecule has 0 radical (unpaired) electrons. The Balaban J connectivity index is 1.61. The van der Waals surface area contributed by atoms with Crippen molar-refractivity contribution in [2.75, 3.05) is 5.32 Å². The van der Waals surface area contributed by atoms with Gasteiger partial charge < -0.3 is 5.32 Å². The number of nitro groups is 1. The first-order chi connectivity index (χ1) is 13.1. The van der Waals surface area contributed by atoms with Crippen LogP contribution in [0, 0.1) is 15.9 Å². The summed E-state index contributed by atoms with van der Waals surface area (Å²) in [5, 5.41) is 19.0. The quantitative estimate of drug-likeness (QED) is 0.534. The lowest BCUT2D eigenvalue weighted by molar-refractivity contribution is -0.384. The average molecular weight is 366 g/mol. The highest BCUT2D eigenvalue weighted by atomic mass is 19.1. The number of aromatic nitrogens is 2. The van der Waals surface area contributed by atoms with Gasteiger partial charge in [0.05, 0.1) is 29.8 Å². The molecule has 7 heteroatoms. The van der Waals surface area contributed by atoms with Crippen molar-refractivity contribution in [1.29, 1.82) is 0 Å². The van der Waals surface area contributed by atoms with Crippen molar-refractivity contribution in [3.63, 3.8) is 0 Å². The molecule has 4 rings (SSSR count). The van der Waals surface area contributed by atoms with Crippen LogP contribution in [-0.2, 0) is 13.0 Å². The van der Waals surface area contributed by atoms with Crippen molar-refractivity contribution < 1.29 is 9.31 Å². The molecule has 0 saturated carbocycles. The maximum Gasteiger partial charge on any atom is 0.295 e. The summed E-state index contributed by atoms with van der Waals surface area (Å²) in [6.45, 7) is 0.694. The highest BCUT2D eigenvalue weighted by molar-refractivity contribution is 5.62. The summed E-state index contributed by atoms with van der Waals surface area (Å²) in [7, 11) is 0. The van der Waals surface area contributed by atoms with Crippen LogP contribution in [0.3, 0.4) is 0 Å². The molecule has 0 aliphatic heterocycles. The molecule has 0 amide bonds. The first-order valence-corrected chi connectivity index (χ1v) is 8.91. The molecular weight excluding hydrogens is 347 g/mol. The van der Waals surface area contributed by atoms with Crippen molar-refractivity contribution in [3.8, 4) is 0 Å². The van der Waals surface area contributed by atoms with Gasteiger partial charge in [0, 0.05) is 11.3 Å². The SMILES string of the molecule is O=[N+]([O-])c1cc(F)ccc1N[C@H]1CCCc2c1cnn2Cc1ccccc1. The molecule has 0 bridgehead atoms. The number of fused-ring (bicyclic) bond motifs is 1. The fourth-order valence-corrected chi connectivity index (χ4v) is 3.63. The zero-order chi connectivity index (χ0) is 18.8. The number of hydrogen-bond acceptors (Lipinski definition) is 4. The standard InChI is InChI=1S/C20H19FN4O2/c21-15-9-10-18(20(11-15)25(26)27)23-17-7-4-8-19-16(17)12-22-24(19)13-14-5-2-1-3-6-14/h1-3,5-6,9-12,17,23H,4,7-8,13H2/t17-/m0/s1. The van der Waals surface area contributed by atoms with Gasteiger partial charge in [-0.25, -0.2) is 4.39 Å². The molecule has 0 saturated heterocycles. The molecule has 0 fully saturated rings. The molecule has 138 valence electrons. The first kappa shape index (κ1) is 17.2. The summed E-state index contributed by atoms with van der Waals surface area (Å²) >= 11 is 0. The molecular formula is C20H19FN4O2. The third-order valence-electron chi connectivity index (χ3n) is 4.92. The van der Waals surface area contributed by atoms with Crippen LogP contribution in [0.2, 0.25) is 0 Å². The van der Waals surface area contributed by atoms with Gasteiger partial charge in [-0.15, -0.1) is 0 Å². The van der Waals surface area contributed by atoms with Gasteiger partial charge in [0.2, 0.25) is 0 Å². The molecule has 0 spiro atoms. The highest BCUT2D eigenvalue weighted by Crippen LogP contribution is 2.35. The molecule has 27 heavy (non-hydrogen) atoms. The van der Waals surface area contributed by atoms with Crippen LogP contribution in [-0.4, -0.2) is 14.7 Å². The Morgan fingerprint density at radius 2 is 2.07 bits per heavy atom. The Morgan fingerprint density at radius 3 is 2.85 bits per heavy atom. The maximum atomic E-state index is 13.4. The number of halogens is 1. The number of hydrogen-bond donors (Lipinski definition) is 1. The lowest BCUT2D eigenvalue weighted by Gasteiger charge is -2.25. The number of rotatable bonds is 5. The summed E-state index contributed by atoms with van der Waals surface area (Å²) in [4.78, 5) is 10.7. The molecule has 0 unspecified atom stereocenters.